The standard InChI is InChI=1S/C34H21FN2O/c35-23-16-19-30-29(20-23)34(33(38)36-30)27-17-14-21-8-4-6-12-25(21)31(27)37(24-10-2-1-3-11-24)32-26-13-7-5-9-22(26)15-18-28(32)34/h1-20H,(H,36,38). The van der Waals surface area contributed by atoms with E-state index in [1.54, 1.807) is 6.07 Å². The first-order chi connectivity index (χ1) is 18.7. The second-order valence-electron chi connectivity index (χ2n) is 9.93. The highest BCUT2D eigenvalue weighted by molar-refractivity contribution is 6.19. The van der Waals surface area contributed by atoms with Gasteiger partial charge in [0.05, 0.1) is 11.4 Å². The normalized spacial score (nSPS) is 14.9. The van der Waals surface area contributed by atoms with Crippen molar-refractivity contribution in [3.05, 3.63) is 144 Å². The predicted octanol–water partition coefficient (Wildman–Crippen LogP) is 8.20. The van der Waals surface area contributed by atoms with Crippen LogP contribution in [0.15, 0.2) is 121 Å². The van der Waals surface area contributed by atoms with Crippen LogP contribution in [-0.2, 0) is 10.2 Å². The van der Waals surface area contributed by atoms with Crippen LogP contribution in [0.2, 0.25) is 0 Å². The average molecular weight is 493 g/mol. The average Bonchev–Trinajstić information content (AvgIpc) is 3.25. The summed E-state index contributed by atoms with van der Waals surface area (Å²) in [5, 5.41) is 7.30. The lowest BCUT2D eigenvalue weighted by atomic mass is 9.66. The molecule has 0 aromatic heterocycles. The van der Waals surface area contributed by atoms with Crippen molar-refractivity contribution in [1.29, 1.82) is 0 Å². The van der Waals surface area contributed by atoms with E-state index < -0.39 is 5.41 Å². The maximum atomic E-state index is 14.9. The van der Waals surface area contributed by atoms with Crippen molar-refractivity contribution in [2.24, 2.45) is 0 Å². The molecule has 180 valence electrons. The molecule has 1 amide bonds. The van der Waals surface area contributed by atoms with Crippen LogP contribution < -0.4 is 10.2 Å². The lowest BCUT2D eigenvalue weighted by Crippen LogP contribution is -2.42. The Hall–Kier alpha value is -4.96. The minimum atomic E-state index is -1.21. The highest BCUT2D eigenvalue weighted by atomic mass is 19.1. The maximum absolute atomic E-state index is 14.9. The van der Waals surface area contributed by atoms with Crippen LogP contribution in [0.5, 0.6) is 0 Å². The maximum Gasteiger partial charge on any atom is 0.244 e. The monoisotopic (exact) mass is 492 g/mol. The van der Waals surface area contributed by atoms with E-state index in [1.165, 1.54) is 12.1 Å². The molecule has 0 radical (unpaired) electrons. The minimum absolute atomic E-state index is 0.168. The smallest absolute Gasteiger partial charge is 0.244 e. The van der Waals surface area contributed by atoms with Gasteiger partial charge in [-0.3, -0.25) is 4.79 Å². The summed E-state index contributed by atoms with van der Waals surface area (Å²) in [4.78, 5) is 16.6. The SMILES string of the molecule is O=C1Nc2ccc(F)cc2C12c1ccc3ccccc3c1N(c1ccccc1)c1c2ccc2ccccc12. The molecule has 4 heteroatoms. The summed E-state index contributed by atoms with van der Waals surface area (Å²) < 4.78 is 14.9. The first kappa shape index (κ1) is 21.2. The van der Waals surface area contributed by atoms with Crippen LogP contribution in [0.4, 0.5) is 27.1 Å². The summed E-state index contributed by atoms with van der Waals surface area (Å²) in [5.41, 5.74) is 4.62. The number of anilines is 4. The van der Waals surface area contributed by atoms with Gasteiger partial charge in [-0.25, -0.2) is 4.39 Å². The minimum Gasteiger partial charge on any atom is -0.324 e. The Balaban J connectivity index is 1.64. The molecule has 3 nitrogen and oxygen atoms in total. The summed E-state index contributed by atoms with van der Waals surface area (Å²) in [5.74, 6) is -0.534. The third-order valence-electron chi connectivity index (χ3n) is 8.05. The zero-order valence-corrected chi connectivity index (χ0v) is 20.3. The number of carbonyl (C=O) groups is 1. The molecule has 8 rings (SSSR count). The van der Waals surface area contributed by atoms with Crippen molar-refractivity contribution >= 4 is 50.2 Å². The number of nitrogens with one attached hydrogen (secondary N) is 1. The van der Waals surface area contributed by atoms with Crippen molar-refractivity contribution in [3.8, 4) is 0 Å². The molecule has 0 bridgehead atoms. The molecular weight excluding hydrogens is 471 g/mol. The molecule has 0 aliphatic carbocycles. The molecule has 0 saturated heterocycles. The number of benzene rings is 6. The molecule has 1 N–H and O–H groups in total. The molecule has 2 heterocycles. The van der Waals surface area contributed by atoms with Gasteiger partial charge in [0.25, 0.3) is 0 Å². The first-order valence-electron chi connectivity index (χ1n) is 12.7. The van der Waals surface area contributed by atoms with Crippen LogP contribution in [0.25, 0.3) is 21.5 Å². The zero-order chi connectivity index (χ0) is 25.4. The molecule has 0 unspecified atom stereocenters. The van der Waals surface area contributed by atoms with Crippen LogP contribution in [-0.4, -0.2) is 5.91 Å². The first-order valence-corrected chi connectivity index (χ1v) is 12.7. The largest absolute Gasteiger partial charge is 0.324 e. The fourth-order valence-electron chi connectivity index (χ4n) is 6.50. The quantitative estimate of drug-likeness (QED) is 0.251. The number of nitrogens with zero attached hydrogens (tertiary/aromatic N) is 1. The van der Waals surface area contributed by atoms with Gasteiger partial charge in [0.2, 0.25) is 5.91 Å². The third-order valence-corrected chi connectivity index (χ3v) is 8.05. The van der Waals surface area contributed by atoms with E-state index in [9.17, 15) is 9.18 Å². The van der Waals surface area contributed by atoms with Gasteiger partial charge in [-0.1, -0.05) is 91.0 Å². The summed E-state index contributed by atoms with van der Waals surface area (Å²) in [7, 11) is 0. The Morgan fingerprint density at radius 2 is 1.18 bits per heavy atom. The number of rotatable bonds is 1. The van der Waals surface area contributed by atoms with Gasteiger partial charge in [0.1, 0.15) is 11.2 Å². The van der Waals surface area contributed by atoms with Crippen molar-refractivity contribution in [2.75, 3.05) is 10.2 Å². The summed E-state index contributed by atoms with van der Waals surface area (Å²) >= 11 is 0. The number of carbonyl (C=O) groups excluding carboxylic acids is 1. The number of hydrogen-bond acceptors (Lipinski definition) is 2. The van der Waals surface area contributed by atoms with Gasteiger partial charge in [0, 0.05) is 38.8 Å². The van der Waals surface area contributed by atoms with Crippen LogP contribution in [0, 0.1) is 5.82 Å². The lowest BCUT2D eigenvalue weighted by Gasteiger charge is -2.43. The molecule has 2 aliphatic heterocycles. The van der Waals surface area contributed by atoms with Crippen molar-refractivity contribution in [1.82, 2.24) is 0 Å². The van der Waals surface area contributed by atoms with E-state index in [0.717, 1.165) is 49.7 Å². The third kappa shape index (κ3) is 2.59. The van der Waals surface area contributed by atoms with E-state index in [2.05, 4.69) is 58.7 Å². The fourth-order valence-corrected chi connectivity index (χ4v) is 6.50. The number of halogens is 1. The lowest BCUT2D eigenvalue weighted by molar-refractivity contribution is -0.118. The molecule has 6 aromatic rings. The Kier molecular flexibility index (Phi) is 4.19. The highest BCUT2D eigenvalue weighted by Crippen LogP contribution is 2.61. The van der Waals surface area contributed by atoms with Gasteiger partial charge in [-0.05, 0) is 41.1 Å². The van der Waals surface area contributed by atoms with Gasteiger partial charge < -0.3 is 10.2 Å². The van der Waals surface area contributed by atoms with Gasteiger partial charge in [0.15, 0.2) is 0 Å². The molecule has 0 fully saturated rings. The highest BCUT2D eigenvalue weighted by Gasteiger charge is 2.55. The number of amides is 1. The van der Waals surface area contributed by atoms with Crippen LogP contribution in [0.3, 0.4) is 0 Å². The molecule has 38 heavy (non-hydrogen) atoms. The number of fused-ring (bicyclic) bond motifs is 10. The van der Waals surface area contributed by atoms with Gasteiger partial charge >= 0.3 is 0 Å². The van der Waals surface area contributed by atoms with E-state index in [0.29, 0.717) is 11.3 Å². The predicted molar refractivity (Wildman–Crippen MR) is 151 cm³/mol. The Labute approximate surface area is 218 Å². The van der Waals surface area contributed by atoms with E-state index >= 15 is 0 Å². The topological polar surface area (TPSA) is 32.3 Å². The summed E-state index contributed by atoms with van der Waals surface area (Å²) in [6.45, 7) is 0. The van der Waals surface area contributed by atoms with Crippen molar-refractivity contribution in [2.45, 2.75) is 5.41 Å². The van der Waals surface area contributed by atoms with Gasteiger partial charge in [-0.15, -0.1) is 0 Å². The van der Waals surface area contributed by atoms with E-state index in [4.69, 9.17) is 0 Å². The molecule has 1 spiro atoms. The number of hydrogen-bond donors (Lipinski definition) is 1. The van der Waals surface area contributed by atoms with E-state index in [1.807, 2.05) is 54.6 Å². The Bertz CT molecular complexity index is 1860. The molecule has 6 aromatic carbocycles. The van der Waals surface area contributed by atoms with Crippen LogP contribution >= 0.6 is 0 Å². The Morgan fingerprint density at radius 1 is 0.605 bits per heavy atom. The summed E-state index contributed by atoms with van der Waals surface area (Å²) in [6.07, 6.45) is 0. The van der Waals surface area contributed by atoms with Crippen molar-refractivity contribution < 1.29 is 9.18 Å². The van der Waals surface area contributed by atoms with Gasteiger partial charge in [-0.2, -0.15) is 0 Å². The Morgan fingerprint density at radius 3 is 1.82 bits per heavy atom. The van der Waals surface area contributed by atoms with Crippen LogP contribution in [0.1, 0.15) is 16.7 Å². The molecular formula is C34H21FN2O. The molecule has 0 atom stereocenters. The second-order valence-corrected chi connectivity index (χ2v) is 9.93. The summed E-state index contributed by atoms with van der Waals surface area (Å²) in [6, 6.07) is 39.6. The van der Waals surface area contributed by atoms with E-state index in [-0.39, 0.29) is 11.7 Å². The number of para-hydroxylation sites is 1. The second kappa shape index (κ2) is 7.53. The molecule has 0 saturated carbocycles. The van der Waals surface area contributed by atoms with Crippen molar-refractivity contribution in [3.63, 3.8) is 0 Å². The zero-order valence-electron chi connectivity index (χ0n) is 20.3. The molecule has 2 aliphatic rings. The fraction of sp³-hybridized carbons (Fsp3) is 0.0294.